The molecule has 0 saturated heterocycles. The third kappa shape index (κ3) is 4.88. The molecular weight excluding hydrogens is 286 g/mol. The van der Waals surface area contributed by atoms with Gasteiger partial charge >= 0.3 is 0 Å². The Morgan fingerprint density at radius 1 is 1.14 bits per heavy atom. The van der Waals surface area contributed by atoms with E-state index in [1.54, 1.807) is 24.3 Å². The lowest BCUT2D eigenvalue weighted by atomic mass is 10.1. The van der Waals surface area contributed by atoms with Gasteiger partial charge in [0.05, 0.1) is 12.5 Å². The number of rotatable bonds is 5. The van der Waals surface area contributed by atoms with Crippen LogP contribution in [-0.4, -0.2) is 17.6 Å². The SMILES string of the molecule is Cc1ccc(CC(=O)NCC(O)c2ccc(Cl)cc2)cc1. The maximum atomic E-state index is 11.8. The molecule has 0 radical (unpaired) electrons. The minimum absolute atomic E-state index is 0.105. The first-order valence-electron chi connectivity index (χ1n) is 6.80. The van der Waals surface area contributed by atoms with Gasteiger partial charge in [-0.25, -0.2) is 0 Å². The van der Waals surface area contributed by atoms with Crippen molar-refractivity contribution in [1.29, 1.82) is 0 Å². The van der Waals surface area contributed by atoms with Gasteiger partial charge in [0.2, 0.25) is 5.91 Å². The van der Waals surface area contributed by atoms with Gasteiger partial charge in [-0.2, -0.15) is 0 Å². The van der Waals surface area contributed by atoms with Gasteiger partial charge in [-0.05, 0) is 30.2 Å². The van der Waals surface area contributed by atoms with Crippen molar-refractivity contribution in [3.05, 3.63) is 70.2 Å². The fraction of sp³-hybridized carbons (Fsp3) is 0.235. The van der Waals surface area contributed by atoms with Gasteiger partial charge in [-0.3, -0.25) is 4.79 Å². The number of nitrogens with one attached hydrogen (secondary N) is 1. The highest BCUT2D eigenvalue weighted by Crippen LogP contribution is 2.15. The van der Waals surface area contributed by atoms with Gasteiger partial charge in [0.25, 0.3) is 0 Å². The van der Waals surface area contributed by atoms with E-state index < -0.39 is 6.10 Å². The van der Waals surface area contributed by atoms with Crippen LogP contribution >= 0.6 is 11.6 Å². The monoisotopic (exact) mass is 303 g/mol. The van der Waals surface area contributed by atoms with Crippen LogP contribution in [-0.2, 0) is 11.2 Å². The molecule has 0 fully saturated rings. The van der Waals surface area contributed by atoms with Crippen molar-refractivity contribution in [3.8, 4) is 0 Å². The molecule has 110 valence electrons. The smallest absolute Gasteiger partial charge is 0.224 e. The van der Waals surface area contributed by atoms with Crippen molar-refractivity contribution in [2.75, 3.05) is 6.54 Å². The molecule has 3 nitrogen and oxygen atoms in total. The van der Waals surface area contributed by atoms with Gasteiger partial charge in [0, 0.05) is 11.6 Å². The normalized spacial score (nSPS) is 12.0. The zero-order valence-corrected chi connectivity index (χ0v) is 12.6. The molecule has 0 aromatic heterocycles. The maximum Gasteiger partial charge on any atom is 0.224 e. The summed E-state index contributed by atoms with van der Waals surface area (Å²) in [7, 11) is 0. The van der Waals surface area contributed by atoms with Crippen molar-refractivity contribution in [2.24, 2.45) is 0 Å². The molecule has 21 heavy (non-hydrogen) atoms. The second-order valence-corrected chi connectivity index (χ2v) is 5.47. The summed E-state index contributed by atoms with van der Waals surface area (Å²) < 4.78 is 0. The van der Waals surface area contributed by atoms with E-state index in [1.807, 2.05) is 31.2 Å². The lowest BCUT2D eigenvalue weighted by Gasteiger charge is -2.12. The molecule has 0 aliphatic rings. The molecule has 2 rings (SSSR count). The lowest BCUT2D eigenvalue weighted by molar-refractivity contribution is -0.120. The summed E-state index contributed by atoms with van der Waals surface area (Å²) in [6, 6.07) is 14.8. The van der Waals surface area contributed by atoms with E-state index in [1.165, 1.54) is 0 Å². The van der Waals surface area contributed by atoms with Crippen LogP contribution in [0.15, 0.2) is 48.5 Å². The minimum atomic E-state index is -0.732. The van der Waals surface area contributed by atoms with Crippen LogP contribution in [0, 0.1) is 6.92 Å². The first-order valence-corrected chi connectivity index (χ1v) is 7.18. The molecule has 0 aliphatic carbocycles. The molecule has 1 amide bonds. The first-order chi connectivity index (χ1) is 10.0. The van der Waals surface area contributed by atoms with Crippen molar-refractivity contribution in [3.63, 3.8) is 0 Å². The second-order valence-electron chi connectivity index (χ2n) is 5.03. The lowest BCUT2D eigenvalue weighted by Crippen LogP contribution is -2.29. The van der Waals surface area contributed by atoms with Crippen LogP contribution in [0.5, 0.6) is 0 Å². The number of carbonyl (C=O) groups is 1. The number of carbonyl (C=O) groups excluding carboxylic acids is 1. The number of amides is 1. The summed E-state index contributed by atoms with van der Waals surface area (Å²) in [6.07, 6.45) is -0.419. The van der Waals surface area contributed by atoms with Gasteiger partial charge in [0.1, 0.15) is 0 Å². The van der Waals surface area contributed by atoms with E-state index >= 15 is 0 Å². The number of hydrogen-bond acceptors (Lipinski definition) is 2. The number of aliphatic hydroxyl groups is 1. The predicted molar refractivity (Wildman–Crippen MR) is 84.3 cm³/mol. The van der Waals surface area contributed by atoms with Crippen LogP contribution in [0.2, 0.25) is 5.02 Å². The Labute approximate surface area is 129 Å². The summed E-state index contributed by atoms with van der Waals surface area (Å²) >= 11 is 5.79. The van der Waals surface area contributed by atoms with E-state index in [0.717, 1.165) is 16.7 Å². The summed E-state index contributed by atoms with van der Waals surface area (Å²) in [5.74, 6) is -0.105. The Kier molecular flexibility index (Phi) is 5.37. The van der Waals surface area contributed by atoms with Crippen LogP contribution in [0.1, 0.15) is 22.8 Å². The van der Waals surface area contributed by atoms with E-state index in [4.69, 9.17) is 11.6 Å². The van der Waals surface area contributed by atoms with Crippen LogP contribution in [0.25, 0.3) is 0 Å². The first kappa shape index (κ1) is 15.5. The molecule has 0 aliphatic heterocycles. The number of halogens is 1. The number of aliphatic hydroxyl groups excluding tert-OH is 1. The van der Waals surface area contributed by atoms with Crippen molar-refractivity contribution < 1.29 is 9.90 Å². The van der Waals surface area contributed by atoms with Crippen LogP contribution in [0.4, 0.5) is 0 Å². The van der Waals surface area contributed by atoms with Crippen molar-refractivity contribution in [2.45, 2.75) is 19.4 Å². The zero-order valence-electron chi connectivity index (χ0n) is 11.8. The zero-order chi connectivity index (χ0) is 15.2. The second kappa shape index (κ2) is 7.25. The van der Waals surface area contributed by atoms with Crippen molar-refractivity contribution in [1.82, 2.24) is 5.32 Å². The average molecular weight is 304 g/mol. The molecule has 2 aromatic carbocycles. The fourth-order valence-corrected chi connectivity index (χ4v) is 2.09. The number of aryl methyl sites for hydroxylation is 1. The quantitative estimate of drug-likeness (QED) is 0.892. The standard InChI is InChI=1S/C17H18ClNO2/c1-12-2-4-13(5-3-12)10-17(21)19-11-16(20)14-6-8-15(18)9-7-14/h2-9,16,20H,10-11H2,1H3,(H,19,21). The molecule has 0 heterocycles. The van der Waals surface area contributed by atoms with Gasteiger partial charge < -0.3 is 10.4 Å². The Morgan fingerprint density at radius 2 is 1.76 bits per heavy atom. The average Bonchev–Trinajstić information content (AvgIpc) is 2.48. The summed E-state index contributed by atoms with van der Waals surface area (Å²) in [4.78, 5) is 11.8. The summed E-state index contributed by atoms with van der Waals surface area (Å²) in [5, 5.41) is 13.4. The molecule has 0 bridgehead atoms. The Morgan fingerprint density at radius 3 is 2.38 bits per heavy atom. The van der Waals surface area contributed by atoms with E-state index in [-0.39, 0.29) is 12.5 Å². The van der Waals surface area contributed by atoms with Gasteiger partial charge in [-0.1, -0.05) is 53.6 Å². The highest BCUT2D eigenvalue weighted by atomic mass is 35.5. The molecule has 2 aromatic rings. The number of hydrogen-bond donors (Lipinski definition) is 2. The molecule has 0 spiro atoms. The summed E-state index contributed by atoms with van der Waals surface area (Å²) in [5.41, 5.74) is 2.85. The molecule has 1 atom stereocenters. The largest absolute Gasteiger partial charge is 0.387 e. The molecule has 0 saturated carbocycles. The Balaban J connectivity index is 1.83. The molecule has 4 heteroatoms. The Bertz CT molecular complexity index is 593. The minimum Gasteiger partial charge on any atom is -0.387 e. The molecule has 1 unspecified atom stereocenters. The van der Waals surface area contributed by atoms with E-state index in [9.17, 15) is 9.90 Å². The van der Waals surface area contributed by atoms with E-state index in [2.05, 4.69) is 5.32 Å². The topological polar surface area (TPSA) is 49.3 Å². The maximum absolute atomic E-state index is 11.8. The molecular formula is C17H18ClNO2. The predicted octanol–water partition coefficient (Wildman–Crippen LogP) is 3.04. The molecule has 2 N–H and O–H groups in total. The fourth-order valence-electron chi connectivity index (χ4n) is 1.97. The Hall–Kier alpha value is -1.84. The van der Waals surface area contributed by atoms with Crippen LogP contribution in [0.3, 0.4) is 0 Å². The van der Waals surface area contributed by atoms with Crippen LogP contribution < -0.4 is 5.32 Å². The van der Waals surface area contributed by atoms with Gasteiger partial charge in [0.15, 0.2) is 0 Å². The van der Waals surface area contributed by atoms with Crippen molar-refractivity contribution >= 4 is 17.5 Å². The van der Waals surface area contributed by atoms with Gasteiger partial charge in [-0.15, -0.1) is 0 Å². The summed E-state index contributed by atoms with van der Waals surface area (Å²) in [6.45, 7) is 2.19. The highest BCUT2D eigenvalue weighted by molar-refractivity contribution is 6.30. The van der Waals surface area contributed by atoms with E-state index in [0.29, 0.717) is 11.4 Å². The highest BCUT2D eigenvalue weighted by Gasteiger charge is 2.09. The third-order valence-corrected chi connectivity index (χ3v) is 3.48. The third-order valence-electron chi connectivity index (χ3n) is 3.23. The number of benzene rings is 2.